The molecule has 0 aromatic carbocycles. The second-order valence-electron chi connectivity index (χ2n) is 8.05. The van der Waals surface area contributed by atoms with E-state index in [4.69, 9.17) is 5.11 Å². The standard InChI is InChI=1S/C12H21F3O3.C11H19F3O3/c1-17-11(16)8-6-4-2-3-5-7-9-18-10-12(13,14)15;12-11(13,14)9-17-8-6-4-2-1-3-5-7-10(15)16/h2-10H2,1H3;1-9H2,(H,15,16). The molecule has 12 heteroatoms. The van der Waals surface area contributed by atoms with Crippen molar-refractivity contribution in [1.29, 1.82) is 0 Å². The first-order valence-electron chi connectivity index (χ1n) is 11.9. The minimum absolute atomic E-state index is 0.134. The molecular weight excluding hydrogens is 486 g/mol. The van der Waals surface area contributed by atoms with Gasteiger partial charge >= 0.3 is 24.3 Å². The molecule has 0 fully saturated rings. The van der Waals surface area contributed by atoms with Crippen LogP contribution in [-0.4, -0.2) is 62.9 Å². The molecule has 0 saturated heterocycles. The molecule has 0 radical (unpaired) electrons. The predicted octanol–water partition coefficient (Wildman–Crippen LogP) is 6.85. The number of halogens is 6. The van der Waals surface area contributed by atoms with Gasteiger partial charge in [0.25, 0.3) is 0 Å². The van der Waals surface area contributed by atoms with E-state index in [1.165, 1.54) is 7.11 Å². The van der Waals surface area contributed by atoms with Crippen LogP contribution in [0.1, 0.15) is 89.9 Å². The Labute approximate surface area is 203 Å². The van der Waals surface area contributed by atoms with Crippen molar-refractivity contribution >= 4 is 11.9 Å². The van der Waals surface area contributed by atoms with Crippen LogP contribution in [0.25, 0.3) is 0 Å². The molecule has 0 aromatic heterocycles. The average Bonchev–Trinajstić information content (AvgIpc) is 2.74. The molecule has 0 unspecified atom stereocenters. The summed E-state index contributed by atoms with van der Waals surface area (Å²) in [4.78, 5) is 20.9. The van der Waals surface area contributed by atoms with Gasteiger partial charge in [-0.3, -0.25) is 9.59 Å². The van der Waals surface area contributed by atoms with Gasteiger partial charge in [-0.15, -0.1) is 0 Å². The molecular formula is C23H40F6O6. The highest BCUT2D eigenvalue weighted by atomic mass is 19.4. The maximum Gasteiger partial charge on any atom is 0.411 e. The van der Waals surface area contributed by atoms with Gasteiger partial charge in [0.2, 0.25) is 0 Å². The van der Waals surface area contributed by atoms with Crippen LogP contribution in [0, 0.1) is 0 Å². The van der Waals surface area contributed by atoms with Crippen LogP contribution in [0.15, 0.2) is 0 Å². The van der Waals surface area contributed by atoms with Gasteiger partial charge in [-0.05, 0) is 25.7 Å². The van der Waals surface area contributed by atoms with Crippen LogP contribution in [-0.2, 0) is 23.8 Å². The Morgan fingerprint density at radius 1 is 0.600 bits per heavy atom. The molecule has 0 saturated carbocycles. The van der Waals surface area contributed by atoms with E-state index < -0.39 is 31.5 Å². The number of hydrogen-bond acceptors (Lipinski definition) is 5. The monoisotopic (exact) mass is 526 g/mol. The summed E-state index contributed by atoms with van der Waals surface area (Å²) in [6, 6.07) is 0. The fraction of sp³-hybridized carbons (Fsp3) is 0.913. The fourth-order valence-corrected chi connectivity index (χ4v) is 2.85. The number of ether oxygens (including phenoxy) is 3. The van der Waals surface area contributed by atoms with Gasteiger partial charge in [-0.1, -0.05) is 51.4 Å². The van der Waals surface area contributed by atoms with Crippen molar-refractivity contribution in [3.63, 3.8) is 0 Å². The first-order valence-corrected chi connectivity index (χ1v) is 11.9. The largest absolute Gasteiger partial charge is 0.481 e. The lowest BCUT2D eigenvalue weighted by molar-refractivity contribution is -0.174. The van der Waals surface area contributed by atoms with E-state index in [9.17, 15) is 35.9 Å². The van der Waals surface area contributed by atoms with E-state index in [2.05, 4.69) is 14.2 Å². The number of unbranched alkanes of at least 4 members (excludes halogenated alkanes) is 10. The lowest BCUT2D eigenvalue weighted by Gasteiger charge is -2.07. The number of carbonyl (C=O) groups is 2. The van der Waals surface area contributed by atoms with Gasteiger partial charge in [-0.2, -0.15) is 26.3 Å². The topological polar surface area (TPSA) is 82.1 Å². The highest BCUT2D eigenvalue weighted by Crippen LogP contribution is 2.16. The van der Waals surface area contributed by atoms with E-state index in [-0.39, 0.29) is 25.6 Å². The van der Waals surface area contributed by atoms with Crippen molar-refractivity contribution in [2.45, 2.75) is 102 Å². The van der Waals surface area contributed by atoms with Crippen molar-refractivity contribution < 1.29 is 55.2 Å². The van der Waals surface area contributed by atoms with Crippen LogP contribution >= 0.6 is 0 Å². The van der Waals surface area contributed by atoms with E-state index in [1.54, 1.807) is 0 Å². The lowest BCUT2D eigenvalue weighted by atomic mass is 10.1. The van der Waals surface area contributed by atoms with Crippen molar-refractivity contribution in [2.75, 3.05) is 33.5 Å². The summed E-state index contributed by atoms with van der Waals surface area (Å²) in [5, 5.41) is 8.37. The van der Waals surface area contributed by atoms with Gasteiger partial charge in [0.1, 0.15) is 13.2 Å². The molecule has 0 aliphatic heterocycles. The molecule has 1 N–H and O–H groups in total. The molecule has 0 heterocycles. The Kier molecular flexibility index (Phi) is 23.3. The van der Waals surface area contributed by atoms with Crippen LogP contribution in [0.2, 0.25) is 0 Å². The molecule has 0 spiro atoms. The summed E-state index contributed by atoms with van der Waals surface area (Å²) in [5.41, 5.74) is 0. The zero-order valence-corrected chi connectivity index (χ0v) is 20.5. The van der Waals surface area contributed by atoms with Crippen molar-refractivity contribution in [3.8, 4) is 0 Å². The number of carboxylic acid groups (broad SMARTS) is 1. The Morgan fingerprint density at radius 2 is 0.943 bits per heavy atom. The third kappa shape index (κ3) is 37.2. The fourth-order valence-electron chi connectivity index (χ4n) is 2.85. The molecule has 0 bridgehead atoms. The van der Waals surface area contributed by atoms with E-state index in [1.807, 2.05) is 0 Å². The number of methoxy groups -OCH3 is 1. The summed E-state index contributed by atoms with van der Waals surface area (Å²) in [5.74, 6) is -0.985. The van der Waals surface area contributed by atoms with Gasteiger partial charge in [0.15, 0.2) is 0 Å². The third-order valence-electron chi connectivity index (χ3n) is 4.61. The second-order valence-corrected chi connectivity index (χ2v) is 8.05. The summed E-state index contributed by atoms with van der Waals surface area (Å²) in [7, 11) is 1.36. The van der Waals surface area contributed by atoms with Crippen LogP contribution < -0.4 is 0 Å². The first-order chi connectivity index (χ1) is 16.4. The minimum atomic E-state index is -4.24. The van der Waals surface area contributed by atoms with E-state index in [0.29, 0.717) is 25.7 Å². The van der Waals surface area contributed by atoms with Crippen LogP contribution in [0.3, 0.4) is 0 Å². The smallest absolute Gasteiger partial charge is 0.411 e. The molecule has 0 aliphatic rings. The van der Waals surface area contributed by atoms with E-state index >= 15 is 0 Å². The second kappa shape index (κ2) is 22.9. The summed E-state index contributed by atoms with van der Waals surface area (Å²) < 4.78 is 83.5. The molecule has 0 aromatic rings. The average molecular weight is 527 g/mol. The van der Waals surface area contributed by atoms with Gasteiger partial charge < -0.3 is 19.3 Å². The number of esters is 1. The highest BCUT2D eigenvalue weighted by molar-refractivity contribution is 5.69. The predicted molar refractivity (Wildman–Crippen MR) is 118 cm³/mol. The maximum absolute atomic E-state index is 11.7. The number of aliphatic carboxylic acids is 1. The molecule has 35 heavy (non-hydrogen) atoms. The molecule has 0 aliphatic carbocycles. The van der Waals surface area contributed by atoms with Gasteiger partial charge in [0, 0.05) is 26.1 Å². The van der Waals surface area contributed by atoms with Crippen LogP contribution in [0.5, 0.6) is 0 Å². The first kappa shape index (κ1) is 35.6. The molecule has 0 amide bonds. The summed E-state index contributed by atoms with van der Waals surface area (Å²) in [6.07, 6.45) is 2.15. The molecule has 210 valence electrons. The SMILES string of the molecule is COC(=O)CCCCCCCCOCC(F)(F)F.O=C(O)CCCCCCCCOCC(F)(F)F. The van der Waals surface area contributed by atoms with Crippen molar-refractivity contribution in [1.82, 2.24) is 0 Å². The lowest BCUT2D eigenvalue weighted by Crippen LogP contribution is -2.17. The maximum atomic E-state index is 11.7. The molecule has 0 atom stereocenters. The zero-order chi connectivity index (χ0) is 27.0. The van der Waals surface area contributed by atoms with Gasteiger partial charge in [0.05, 0.1) is 7.11 Å². The Bertz CT molecular complexity index is 512. The number of carbonyl (C=O) groups excluding carboxylic acids is 1. The third-order valence-corrected chi connectivity index (χ3v) is 4.61. The minimum Gasteiger partial charge on any atom is -0.481 e. The quantitative estimate of drug-likeness (QED) is 0.106. The summed E-state index contributed by atoms with van der Waals surface area (Å²) >= 11 is 0. The van der Waals surface area contributed by atoms with Gasteiger partial charge in [-0.25, -0.2) is 0 Å². The number of hydrogen-bond donors (Lipinski definition) is 1. The Hall–Kier alpha value is -1.56. The Balaban J connectivity index is 0. The summed E-state index contributed by atoms with van der Waals surface area (Å²) in [6.45, 7) is -2.05. The number of rotatable bonds is 20. The zero-order valence-electron chi connectivity index (χ0n) is 20.5. The molecule has 6 nitrogen and oxygen atoms in total. The van der Waals surface area contributed by atoms with Crippen LogP contribution in [0.4, 0.5) is 26.3 Å². The van der Waals surface area contributed by atoms with Crippen molar-refractivity contribution in [3.05, 3.63) is 0 Å². The Morgan fingerprint density at radius 3 is 1.29 bits per heavy atom. The number of carboxylic acids is 1. The number of alkyl halides is 6. The highest BCUT2D eigenvalue weighted by Gasteiger charge is 2.27. The molecule has 0 rings (SSSR count). The van der Waals surface area contributed by atoms with Crippen molar-refractivity contribution in [2.24, 2.45) is 0 Å². The van der Waals surface area contributed by atoms with E-state index in [0.717, 1.165) is 57.8 Å². The normalized spacial score (nSPS) is 11.6.